The van der Waals surface area contributed by atoms with Crippen LogP contribution in [0.2, 0.25) is 0 Å². The van der Waals surface area contributed by atoms with Crippen LogP contribution in [0.1, 0.15) is 24.8 Å². The van der Waals surface area contributed by atoms with E-state index in [1.807, 2.05) is 12.1 Å². The number of benzene rings is 1. The van der Waals surface area contributed by atoms with E-state index < -0.39 is 0 Å². The Bertz CT molecular complexity index is 578. The lowest BCUT2D eigenvalue weighted by atomic mass is 9.85. The second kappa shape index (κ2) is 8.35. The van der Waals surface area contributed by atoms with Crippen molar-refractivity contribution in [3.63, 3.8) is 0 Å². The van der Waals surface area contributed by atoms with Gasteiger partial charge in [0, 0.05) is 24.2 Å². The number of ether oxygens (including phenoxy) is 1. The number of likely N-dealkylation sites (tertiary alicyclic amines) is 1. The van der Waals surface area contributed by atoms with Crippen LogP contribution in [0.4, 0.5) is 0 Å². The largest absolute Gasteiger partial charge is 0.496 e. The Morgan fingerprint density at radius 1 is 1.08 bits per heavy atom. The number of nitrogens with zero attached hydrogens (tertiary/aromatic N) is 3. The second-order valence-corrected chi connectivity index (χ2v) is 7.68. The van der Waals surface area contributed by atoms with Gasteiger partial charge in [-0.15, -0.1) is 0 Å². The molecule has 0 amide bonds. The molecule has 138 valence electrons. The molecule has 2 heterocycles. The van der Waals surface area contributed by atoms with Crippen LogP contribution in [-0.2, 0) is 0 Å². The first kappa shape index (κ1) is 18.4. The van der Waals surface area contributed by atoms with Gasteiger partial charge in [0.25, 0.3) is 0 Å². The Morgan fingerprint density at radius 3 is 2.60 bits per heavy atom. The van der Waals surface area contributed by atoms with Gasteiger partial charge in [-0.1, -0.05) is 30.4 Å². The Balaban J connectivity index is 1.65. The molecular formula is C21H33N3O. The summed E-state index contributed by atoms with van der Waals surface area (Å²) in [5, 5.41) is 0. The van der Waals surface area contributed by atoms with Crippen molar-refractivity contribution in [1.82, 2.24) is 14.7 Å². The molecule has 2 fully saturated rings. The highest BCUT2D eigenvalue weighted by atomic mass is 16.5. The van der Waals surface area contributed by atoms with E-state index in [4.69, 9.17) is 4.74 Å². The van der Waals surface area contributed by atoms with Crippen LogP contribution in [0.3, 0.4) is 0 Å². The minimum atomic E-state index is 0.362. The number of likely N-dealkylation sites (N-methyl/N-ethyl adjacent to an activating group) is 1. The number of piperidine rings is 1. The highest BCUT2D eigenvalue weighted by Crippen LogP contribution is 2.30. The molecular weight excluding hydrogens is 310 g/mol. The van der Waals surface area contributed by atoms with Crippen LogP contribution >= 0.6 is 0 Å². The molecule has 25 heavy (non-hydrogen) atoms. The van der Waals surface area contributed by atoms with E-state index in [1.165, 1.54) is 52.0 Å². The number of hydrogen-bond donors (Lipinski definition) is 0. The molecule has 0 aliphatic carbocycles. The molecule has 1 aromatic rings. The highest BCUT2D eigenvalue weighted by Gasteiger charge is 2.39. The molecule has 0 saturated carbocycles. The third-order valence-electron chi connectivity index (χ3n) is 6.01. The van der Waals surface area contributed by atoms with Gasteiger partial charge in [0.2, 0.25) is 0 Å². The first-order valence-corrected chi connectivity index (χ1v) is 9.55. The molecule has 0 atom stereocenters. The summed E-state index contributed by atoms with van der Waals surface area (Å²) in [7, 11) is 6.32. The molecule has 0 bridgehead atoms. The molecule has 0 N–H and O–H groups in total. The molecule has 1 spiro atoms. The van der Waals surface area contributed by atoms with Gasteiger partial charge in [-0.05, 0) is 65.6 Å². The summed E-state index contributed by atoms with van der Waals surface area (Å²) in [4.78, 5) is 7.75. The van der Waals surface area contributed by atoms with Crippen LogP contribution in [0.25, 0.3) is 6.08 Å². The van der Waals surface area contributed by atoms with Crippen LogP contribution < -0.4 is 4.74 Å². The number of hydrogen-bond acceptors (Lipinski definition) is 4. The van der Waals surface area contributed by atoms with E-state index in [0.717, 1.165) is 17.9 Å². The van der Waals surface area contributed by atoms with E-state index in [0.29, 0.717) is 5.54 Å². The normalized spacial score (nSPS) is 23.2. The number of rotatable bonds is 4. The topological polar surface area (TPSA) is 19.0 Å². The maximum absolute atomic E-state index is 5.45. The molecule has 0 unspecified atom stereocenters. The fourth-order valence-electron chi connectivity index (χ4n) is 4.25. The van der Waals surface area contributed by atoms with Crippen molar-refractivity contribution < 1.29 is 4.74 Å². The maximum atomic E-state index is 5.45. The molecule has 2 aliphatic rings. The molecule has 4 nitrogen and oxygen atoms in total. The molecule has 2 aliphatic heterocycles. The van der Waals surface area contributed by atoms with Gasteiger partial charge < -0.3 is 9.64 Å². The van der Waals surface area contributed by atoms with Crippen LogP contribution in [-0.4, -0.2) is 80.7 Å². The van der Waals surface area contributed by atoms with Gasteiger partial charge in [-0.3, -0.25) is 9.80 Å². The van der Waals surface area contributed by atoms with E-state index >= 15 is 0 Å². The third kappa shape index (κ3) is 4.43. The Labute approximate surface area is 153 Å². The molecule has 4 heteroatoms. The van der Waals surface area contributed by atoms with Gasteiger partial charge in [0.05, 0.1) is 7.11 Å². The zero-order valence-electron chi connectivity index (χ0n) is 16.1. The lowest BCUT2D eigenvalue weighted by molar-refractivity contribution is 0.0374. The highest BCUT2D eigenvalue weighted by molar-refractivity contribution is 5.57. The lowest BCUT2D eigenvalue weighted by Gasteiger charge is -2.47. The number of methoxy groups -OCH3 is 1. The van der Waals surface area contributed by atoms with Crippen molar-refractivity contribution in [1.29, 1.82) is 0 Å². The van der Waals surface area contributed by atoms with E-state index in [9.17, 15) is 0 Å². The van der Waals surface area contributed by atoms with Crippen molar-refractivity contribution in [3.05, 3.63) is 35.9 Å². The fraction of sp³-hybridized carbons (Fsp3) is 0.619. The van der Waals surface area contributed by atoms with Crippen molar-refractivity contribution in [2.24, 2.45) is 0 Å². The number of para-hydroxylation sites is 1. The first-order valence-electron chi connectivity index (χ1n) is 9.55. The van der Waals surface area contributed by atoms with Crippen LogP contribution in [0, 0.1) is 0 Å². The smallest absolute Gasteiger partial charge is 0.126 e. The van der Waals surface area contributed by atoms with E-state index in [1.54, 1.807) is 7.11 Å². The monoisotopic (exact) mass is 343 g/mol. The SMILES string of the molecule is COc1ccccc1C=CCN1CCCN(C)C2(CCN(C)CC2)C1. The molecule has 2 saturated heterocycles. The summed E-state index contributed by atoms with van der Waals surface area (Å²) in [6.07, 6.45) is 8.33. The van der Waals surface area contributed by atoms with Crippen LogP contribution in [0.5, 0.6) is 5.75 Å². The third-order valence-corrected chi connectivity index (χ3v) is 6.01. The Hall–Kier alpha value is -1.36. The molecule has 3 rings (SSSR count). The van der Waals surface area contributed by atoms with Crippen molar-refractivity contribution in [2.75, 3.05) is 60.5 Å². The summed E-state index contributed by atoms with van der Waals surface area (Å²) < 4.78 is 5.45. The Morgan fingerprint density at radius 2 is 1.84 bits per heavy atom. The van der Waals surface area contributed by atoms with E-state index in [2.05, 4.69) is 53.1 Å². The Kier molecular flexibility index (Phi) is 6.15. The minimum Gasteiger partial charge on any atom is -0.496 e. The summed E-state index contributed by atoms with van der Waals surface area (Å²) in [6, 6.07) is 8.22. The quantitative estimate of drug-likeness (QED) is 0.837. The predicted molar refractivity (Wildman–Crippen MR) is 105 cm³/mol. The zero-order chi connectivity index (χ0) is 17.7. The maximum Gasteiger partial charge on any atom is 0.126 e. The lowest BCUT2D eigenvalue weighted by Crippen LogP contribution is -2.57. The summed E-state index contributed by atoms with van der Waals surface area (Å²) in [5.74, 6) is 0.945. The standard InChI is InChI=1S/C21H33N3O/c1-22-16-11-21(12-17-22)18-24(15-7-13-23(21)2)14-6-9-19-8-4-5-10-20(19)25-3/h4-6,8-10H,7,11-18H2,1-3H3. The van der Waals surface area contributed by atoms with Crippen molar-refractivity contribution in [2.45, 2.75) is 24.8 Å². The minimum absolute atomic E-state index is 0.362. The van der Waals surface area contributed by atoms with Crippen molar-refractivity contribution >= 4 is 6.08 Å². The fourth-order valence-corrected chi connectivity index (χ4v) is 4.25. The van der Waals surface area contributed by atoms with Crippen LogP contribution in [0.15, 0.2) is 30.3 Å². The summed E-state index contributed by atoms with van der Waals surface area (Å²) in [5.41, 5.74) is 1.52. The van der Waals surface area contributed by atoms with E-state index in [-0.39, 0.29) is 0 Å². The average Bonchev–Trinajstić information content (AvgIpc) is 2.78. The molecule has 0 radical (unpaired) electrons. The molecule has 0 aromatic heterocycles. The van der Waals surface area contributed by atoms with Gasteiger partial charge in [-0.25, -0.2) is 0 Å². The van der Waals surface area contributed by atoms with Crippen molar-refractivity contribution in [3.8, 4) is 5.75 Å². The second-order valence-electron chi connectivity index (χ2n) is 7.68. The zero-order valence-corrected chi connectivity index (χ0v) is 16.1. The predicted octanol–water partition coefficient (Wildman–Crippen LogP) is 2.81. The van der Waals surface area contributed by atoms with Gasteiger partial charge >= 0.3 is 0 Å². The molecule has 1 aromatic carbocycles. The average molecular weight is 344 g/mol. The van der Waals surface area contributed by atoms with Gasteiger partial charge in [0.15, 0.2) is 0 Å². The first-order chi connectivity index (χ1) is 12.1. The summed E-state index contributed by atoms with van der Waals surface area (Å²) >= 11 is 0. The van der Waals surface area contributed by atoms with Gasteiger partial charge in [0.1, 0.15) is 5.75 Å². The van der Waals surface area contributed by atoms with Gasteiger partial charge in [-0.2, -0.15) is 0 Å². The summed E-state index contributed by atoms with van der Waals surface area (Å²) in [6.45, 7) is 7.05.